The molecule has 0 saturated heterocycles. The van der Waals surface area contributed by atoms with Crippen LogP contribution in [0.15, 0.2) is 18.2 Å². The van der Waals surface area contributed by atoms with Gasteiger partial charge in [-0.05, 0) is 6.07 Å². The lowest BCUT2D eigenvalue weighted by Gasteiger charge is -2.21. The highest BCUT2D eigenvalue weighted by atomic mass is 19.1. The predicted octanol–water partition coefficient (Wildman–Crippen LogP) is 1.04. The molecule has 2 N–H and O–H groups in total. The van der Waals surface area contributed by atoms with Gasteiger partial charge in [-0.15, -0.1) is 0 Å². The van der Waals surface area contributed by atoms with Crippen molar-refractivity contribution in [3.8, 4) is 11.8 Å². The Morgan fingerprint density at radius 2 is 2.42 bits per heavy atom. The van der Waals surface area contributed by atoms with Crippen LogP contribution in [0.5, 0.6) is 5.75 Å². The second-order valence-electron chi connectivity index (χ2n) is 4.25. The van der Waals surface area contributed by atoms with Crippen molar-refractivity contribution in [1.29, 1.82) is 5.26 Å². The first kappa shape index (κ1) is 13.3. The highest BCUT2D eigenvalue weighted by molar-refractivity contribution is 5.78. The molecule has 0 aliphatic carbocycles. The summed E-state index contributed by atoms with van der Waals surface area (Å²) in [5.41, 5.74) is 0.305. The minimum absolute atomic E-state index is 0.0204. The van der Waals surface area contributed by atoms with Gasteiger partial charge in [-0.25, -0.2) is 4.39 Å². The Morgan fingerprint density at radius 1 is 1.63 bits per heavy atom. The number of benzene rings is 1. The van der Waals surface area contributed by atoms with Crippen LogP contribution in [-0.2, 0) is 4.79 Å². The fourth-order valence-corrected chi connectivity index (χ4v) is 2.05. The number of nitriles is 1. The summed E-state index contributed by atoms with van der Waals surface area (Å²) in [4.78, 5) is 11.4. The maximum absolute atomic E-state index is 13.6. The first-order valence-electron chi connectivity index (χ1n) is 5.89. The molecule has 1 aliphatic heterocycles. The number of rotatable bonds is 2. The van der Waals surface area contributed by atoms with E-state index < -0.39 is 23.9 Å². The summed E-state index contributed by atoms with van der Waals surface area (Å²) in [6.07, 6.45) is -0.997. The zero-order valence-corrected chi connectivity index (χ0v) is 10.1. The number of aliphatic hydroxyl groups excluding tert-OH is 1. The standard InChI is InChI=1S/C13H13FN2O3/c14-9-3-1-2-8-12(18)10(5-7-19-13(8)9)16-11(17)4-6-15/h1-3,10,12,18H,4-5,7H2,(H,16,17). The van der Waals surface area contributed by atoms with E-state index in [0.29, 0.717) is 12.0 Å². The molecule has 5 nitrogen and oxygen atoms in total. The molecule has 19 heavy (non-hydrogen) atoms. The van der Waals surface area contributed by atoms with Crippen molar-refractivity contribution in [3.05, 3.63) is 29.6 Å². The molecule has 0 radical (unpaired) electrons. The summed E-state index contributed by atoms with van der Waals surface area (Å²) < 4.78 is 18.8. The zero-order valence-electron chi connectivity index (χ0n) is 10.1. The molecule has 1 amide bonds. The number of para-hydroxylation sites is 1. The minimum atomic E-state index is -1.06. The summed E-state index contributed by atoms with van der Waals surface area (Å²) in [5, 5.41) is 21.2. The third-order valence-corrected chi connectivity index (χ3v) is 2.96. The van der Waals surface area contributed by atoms with Crippen LogP contribution >= 0.6 is 0 Å². The van der Waals surface area contributed by atoms with E-state index in [4.69, 9.17) is 10.00 Å². The number of nitrogens with zero attached hydrogens (tertiary/aromatic N) is 1. The van der Waals surface area contributed by atoms with Gasteiger partial charge in [0, 0.05) is 12.0 Å². The van der Waals surface area contributed by atoms with Gasteiger partial charge in [0.2, 0.25) is 5.91 Å². The highest BCUT2D eigenvalue weighted by Gasteiger charge is 2.29. The number of nitrogens with one attached hydrogen (secondary N) is 1. The SMILES string of the molecule is N#CCC(=O)NC1CCOc2c(F)cccc2C1O. The lowest BCUT2D eigenvalue weighted by atomic mass is 10.00. The van der Waals surface area contributed by atoms with Crippen LogP contribution < -0.4 is 10.1 Å². The van der Waals surface area contributed by atoms with Crippen LogP contribution in [0.4, 0.5) is 4.39 Å². The van der Waals surface area contributed by atoms with Gasteiger partial charge in [0.05, 0.1) is 18.7 Å². The van der Waals surface area contributed by atoms with Gasteiger partial charge in [-0.1, -0.05) is 12.1 Å². The molecule has 0 fully saturated rings. The summed E-state index contributed by atoms with van der Waals surface area (Å²) in [6, 6.07) is 5.41. The van der Waals surface area contributed by atoms with Crippen LogP contribution in [0.2, 0.25) is 0 Å². The quantitative estimate of drug-likeness (QED) is 0.836. The number of carbonyl (C=O) groups excluding carboxylic acids is 1. The lowest BCUT2D eigenvalue weighted by Crippen LogP contribution is -2.39. The van der Waals surface area contributed by atoms with Crippen LogP contribution in [0.1, 0.15) is 24.5 Å². The van der Waals surface area contributed by atoms with E-state index in [1.807, 2.05) is 0 Å². The number of fused-ring (bicyclic) bond motifs is 1. The Labute approximate surface area is 109 Å². The average Bonchev–Trinajstić information content (AvgIpc) is 2.53. The number of halogens is 1. The fourth-order valence-electron chi connectivity index (χ4n) is 2.05. The van der Waals surface area contributed by atoms with Crippen LogP contribution in [-0.4, -0.2) is 23.7 Å². The van der Waals surface area contributed by atoms with E-state index in [1.54, 1.807) is 12.1 Å². The Bertz CT molecular complexity index is 527. The average molecular weight is 264 g/mol. The third kappa shape index (κ3) is 2.83. The normalized spacial score (nSPS) is 21.5. The van der Waals surface area contributed by atoms with Crippen molar-refractivity contribution in [3.63, 3.8) is 0 Å². The van der Waals surface area contributed by atoms with Gasteiger partial charge in [0.1, 0.15) is 12.5 Å². The van der Waals surface area contributed by atoms with Gasteiger partial charge in [-0.2, -0.15) is 5.26 Å². The second kappa shape index (κ2) is 5.67. The van der Waals surface area contributed by atoms with Crippen LogP contribution in [0, 0.1) is 17.1 Å². The third-order valence-electron chi connectivity index (χ3n) is 2.96. The van der Waals surface area contributed by atoms with E-state index in [9.17, 15) is 14.3 Å². The largest absolute Gasteiger partial charge is 0.490 e. The van der Waals surface area contributed by atoms with Crippen molar-refractivity contribution < 1.29 is 19.0 Å². The molecule has 0 spiro atoms. The maximum Gasteiger partial charge on any atom is 0.234 e. The number of aliphatic hydroxyl groups is 1. The summed E-state index contributed by atoms with van der Waals surface area (Å²) in [5.74, 6) is -0.987. The van der Waals surface area contributed by atoms with Crippen molar-refractivity contribution in [2.75, 3.05) is 6.61 Å². The van der Waals surface area contributed by atoms with Crippen molar-refractivity contribution in [2.45, 2.75) is 25.0 Å². The first-order chi connectivity index (χ1) is 9.13. The molecule has 1 aromatic carbocycles. The number of ether oxygens (including phenoxy) is 1. The highest BCUT2D eigenvalue weighted by Crippen LogP contribution is 2.33. The Kier molecular flexibility index (Phi) is 3.97. The number of hydrogen-bond donors (Lipinski definition) is 2. The Hall–Kier alpha value is -2.13. The number of hydrogen-bond acceptors (Lipinski definition) is 4. The molecule has 2 rings (SSSR count). The summed E-state index contributed by atoms with van der Waals surface area (Å²) in [6.45, 7) is 0.183. The molecular weight excluding hydrogens is 251 g/mol. The molecule has 1 heterocycles. The molecular formula is C13H13FN2O3. The van der Waals surface area contributed by atoms with E-state index in [2.05, 4.69) is 5.32 Å². The van der Waals surface area contributed by atoms with E-state index in [-0.39, 0.29) is 18.8 Å². The van der Waals surface area contributed by atoms with Gasteiger partial charge in [-0.3, -0.25) is 4.79 Å². The second-order valence-corrected chi connectivity index (χ2v) is 4.25. The van der Waals surface area contributed by atoms with E-state index >= 15 is 0 Å². The topological polar surface area (TPSA) is 82.4 Å². The molecule has 0 saturated carbocycles. The lowest BCUT2D eigenvalue weighted by molar-refractivity contribution is -0.121. The van der Waals surface area contributed by atoms with Gasteiger partial charge >= 0.3 is 0 Å². The number of amides is 1. The minimum Gasteiger partial charge on any atom is -0.490 e. The molecule has 1 aromatic rings. The molecule has 1 aliphatic rings. The zero-order chi connectivity index (χ0) is 13.8. The number of carbonyl (C=O) groups is 1. The van der Waals surface area contributed by atoms with Gasteiger partial charge < -0.3 is 15.2 Å². The maximum atomic E-state index is 13.6. The monoisotopic (exact) mass is 264 g/mol. The molecule has 2 unspecified atom stereocenters. The van der Waals surface area contributed by atoms with Crippen molar-refractivity contribution in [1.82, 2.24) is 5.32 Å². The molecule has 2 atom stereocenters. The first-order valence-corrected chi connectivity index (χ1v) is 5.89. The Morgan fingerprint density at radius 3 is 3.16 bits per heavy atom. The molecule has 0 aromatic heterocycles. The van der Waals surface area contributed by atoms with E-state index in [0.717, 1.165) is 0 Å². The van der Waals surface area contributed by atoms with Crippen molar-refractivity contribution >= 4 is 5.91 Å². The van der Waals surface area contributed by atoms with Crippen LogP contribution in [0.3, 0.4) is 0 Å². The van der Waals surface area contributed by atoms with Crippen molar-refractivity contribution in [2.24, 2.45) is 0 Å². The van der Waals surface area contributed by atoms with Gasteiger partial charge in [0.15, 0.2) is 11.6 Å². The molecule has 6 heteroatoms. The fraction of sp³-hybridized carbons (Fsp3) is 0.385. The van der Waals surface area contributed by atoms with Crippen LogP contribution in [0.25, 0.3) is 0 Å². The molecule has 100 valence electrons. The predicted molar refractivity (Wildman–Crippen MR) is 63.6 cm³/mol. The van der Waals surface area contributed by atoms with E-state index in [1.165, 1.54) is 12.1 Å². The van der Waals surface area contributed by atoms with Gasteiger partial charge in [0.25, 0.3) is 0 Å². The summed E-state index contributed by atoms with van der Waals surface area (Å²) >= 11 is 0. The molecule has 0 bridgehead atoms. The summed E-state index contributed by atoms with van der Waals surface area (Å²) in [7, 11) is 0. The smallest absolute Gasteiger partial charge is 0.234 e. The Balaban J connectivity index is 2.22.